The van der Waals surface area contributed by atoms with Crippen molar-refractivity contribution in [3.8, 4) is 17.2 Å². The number of esters is 1. The summed E-state index contributed by atoms with van der Waals surface area (Å²) in [5, 5.41) is 17.1. The molecule has 3 rings (SSSR count). The first-order valence-corrected chi connectivity index (χ1v) is 9.81. The predicted octanol–water partition coefficient (Wildman–Crippen LogP) is 3.85. The Morgan fingerprint density at radius 2 is 1.94 bits per heavy atom. The molecule has 1 aromatic heterocycles. The number of nitrogens with zero attached hydrogens (tertiary/aromatic N) is 4. The van der Waals surface area contributed by atoms with Crippen LogP contribution in [0.5, 0.6) is 11.5 Å². The fourth-order valence-corrected chi connectivity index (χ4v) is 3.01. The van der Waals surface area contributed by atoms with Gasteiger partial charge in [-0.3, -0.25) is 4.99 Å². The minimum absolute atomic E-state index is 0.0573. The van der Waals surface area contributed by atoms with Crippen molar-refractivity contribution in [1.82, 2.24) is 9.78 Å². The highest BCUT2D eigenvalue weighted by Gasteiger charge is 2.41. The van der Waals surface area contributed by atoms with E-state index in [1.807, 2.05) is 0 Å². The van der Waals surface area contributed by atoms with Crippen molar-refractivity contribution in [3.63, 3.8) is 0 Å². The molecule has 0 amide bonds. The van der Waals surface area contributed by atoms with Crippen molar-refractivity contribution in [2.75, 3.05) is 13.7 Å². The van der Waals surface area contributed by atoms with Gasteiger partial charge in [-0.2, -0.15) is 23.4 Å². The van der Waals surface area contributed by atoms with E-state index in [9.17, 15) is 23.1 Å². The molecule has 0 aliphatic rings. The van der Waals surface area contributed by atoms with Gasteiger partial charge in [-0.25, -0.2) is 9.48 Å². The first-order chi connectivity index (χ1) is 16.2. The van der Waals surface area contributed by atoms with Crippen molar-refractivity contribution < 1.29 is 32.5 Å². The van der Waals surface area contributed by atoms with E-state index in [0.29, 0.717) is 15.9 Å². The number of nitrogens with two attached hydrogens (primary N) is 1. The third-order valence-corrected chi connectivity index (χ3v) is 4.58. The predicted molar refractivity (Wildman–Crippen MR) is 118 cm³/mol. The minimum Gasteiger partial charge on any atom is -0.504 e. The van der Waals surface area contributed by atoms with Crippen LogP contribution in [-0.2, 0) is 10.9 Å². The van der Waals surface area contributed by atoms with Gasteiger partial charge < -0.3 is 20.4 Å². The second kappa shape index (κ2) is 10.1. The minimum atomic E-state index is -4.84. The average Bonchev–Trinajstić information content (AvgIpc) is 3.27. The van der Waals surface area contributed by atoms with Crippen molar-refractivity contribution in [1.29, 1.82) is 0 Å². The zero-order valence-electron chi connectivity index (χ0n) is 18.1. The van der Waals surface area contributed by atoms with Gasteiger partial charge in [0, 0.05) is 5.56 Å². The van der Waals surface area contributed by atoms with Gasteiger partial charge in [-0.05, 0) is 49.4 Å². The maximum Gasteiger partial charge on any atom is 0.434 e. The van der Waals surface area contributed by atoms with E-state index in [0.717, 1.165) is 6.20 Å². The number of halogens is 3. The summed E-state index contributed by atoms with van der Waals surface area (Å²) in [6, 6.07) is 10.2. The number of rotatable bonds is 7. The topological polar surface area (TPSA) is 124 Å². The Morgan fingerprint density at radius 3 is 2.53 bits per heavy atom. The van der Waals surface area contributed by atoms with Crippen LogP contribution in [0.25, 0.3) is 5.69 Å². The molecule has 3 aromatic rings. The molecule has 178 valence electrons. The number of phenolic OH excluding ortho intramolecular Hbond substituents is 1. The molecule has 1 heterocycles. The summed E-state index contributed by atoms with van der Waals surface area (Å²) in [6.07, 6.45) is -2.66. The Kier molecular flexibility index (Phi) is 7.19. The van der Waals surface area contributed by atoms with Gasteiger partial charge in [-0.15, -0.1) is 0 Å². The maximum atomic E-state index is 13.7. The third kappa shape index (κ3) is 5.17. The summed E-state index contributed by atoms with van der Waals surface area (Å²) >= 11 is 0. The molecule has 2 aromatic carbocycles. The first kappa shape index (κ1) is 24.3. The summed E-state index contributed by atoms with van der Waals surface area (Å²) in [4.78, 5) is 16.2. The Hall–Kier alpha value is -4.35. The number of alkyl halides is 3. The van der Waals surface area contributed by atoms with Crippen LogP contribution >= 0.6 is 0 Å². The zero-order valence-corrected chi connectivity index (χ0v) is 18.1. The standard InChI is InChI=1S/C22H20F3N5O4/c1-3-34-21(32)16-11-28-30(20(16)22(23,24)25)15-7-5-14(6-8-15)27-12-17(29-26)13-4-9-18(31)19(10-13)33-2/h4-12,31H,3,26H2,1-2H3. The quantitative estimate of drug-likeness (QED) is 0.232. The van der Waals surface area contributed by atoms with Crippen LogP contribution in [0.2, 0.25) is 0 Å². The van der Waals surface area contributed by atoms with Crippen molar-refractivity contribution in [2.24, 2.45) is 15.9 Å². The average molecular weight is 475 g/mol. The monoisotopic (exact) mass is 475 g/mol. The smallest absolute Gasteiger partial charge is 0.434 e. The fourth-order valence-electron chi connectivity index (χ4n) is 3.01. The summed E-state index contributed by atoms with van der Waals surface area (Å²) in [7, 11) is 1.40. The summed E-state index contributed by atoms with van der Waals surface area (Å²) in [5.41, 5.74) is -0.659. The molecule has 0 aliphatic heterocycles. The van der Waals surface area contributed by atoms with Crippen LogP contribution in [0.15, 0.2) is 58.8 Å². The van der Waals surface area contributed by atoms with Gasteiger partial charge in [0.1, 0.15) is 11.3 Å². The zero-order chi connectivity index (χ0) is 24.9. The SMILES string of the molecule is CCOC(=O)c1cnn(-c2ccc(N=CC(=NN)c3ccc(O)c(OC)c3)cc2)c1C(F)(F)F. The van der Waals surface area contributed by atoms with Crippen LogP contribution in [0.4, 0.5) is 18.9 Å². The molecule has 0 atom stereocenters. The molecule has 0 saturated heterocycles. The first-order valence-electron chi connectivity index (χ1n) is 9.81. The molecule has 9 nitrogen and oxygen atoms in total. The van der Waals surface area contributed by atoms with E-state index in [1.165, 1.54) is 56.6 Å². The molecular formula is C22H20F3N5O4. The molecule has 0 fully saturated rings. The Bertz CT molecular complexity index is 1230. The lowest BCUT2D eigenvalue weighted by Gasteiger charge is -2.12. The van der Waals surface area contributed by atoms with Crippen LogP contribution in [0, 0.1) is 0 Å². The van der Waals surface area contributed by atoms with E-state index in [4.69, 9.17) is 15.3 Å². The molecule has 12 heteroatoms. The molecular weight excluding hydrogens is 455 g/mol. The van der Waals surface area contributed by atoms with Gasteiger partial charge in [-0.1, -0.05) is 0 Å². The number of methoxy groups -OCH3 is 1. The number of carbonyl (C=O) groups excluding carboxylic acids is 1. The summed E-state index contributed by atoms with van der Waals surface area (Å²) in [6.45, 7) is 1.42. The van der Waals surface area contributed by atoms with Crippen LogP contribution in [-0.4, -0.2) is 46.5 Å². The van der Waals surface area contributed by atoms with Crippen LogP contribution in [0.3, 0.4) is 0 Å². The number of aliphatic imine (C=N–C) groups is 1. The van der Waals surface area contributed by atoms with Crippen LogP contribution < -0.4 is 10.6 Å². The van der Waals surface area contributed by atoms with E-state index in [-0.39, 0.29) is 29.5 Å². The molecule has 0 radical (unpaired) electrons. The van der Waals surface area contributed by atoms with Gasteiger partial charge in [0.15, 0.2) is 17.2 Å². The van der Waals surface area contributed by atoms with Crippen molar-refractivity contribution in [2.45, 2.75) is 13.1 Å². The van der Waals surface area contributed by atoms with Gasteiger partial charge in [0.25, 0.3) is 0 Å². The van der Waals surface area contributed by atoms with Gasteiger partial charge >= 0.3 is 12.1 Å². The maximum absolute atomic E-state index is 13.7. The summed E-state index contributed by atoms with van der Waals surface area (Å²) < 4.78 is 51.3. The lowest BCUT2D eigenvalue weighted by atomic mass is 10.1. The highest BCUT2D eigenvalue weighted by atomic mass is 19.4. The second-order valence-electron chi connectivity index (χ2n) is 6.71. The fraction of sp³-hybridized carbons (Fsp3) is 0.182. The number of aromatic hydroxyl groups is 1. The van der Waals surface area contributed by atoms with E-state index in [1.54, 1.807) is 6.07 Å². The second-order valence-corrected chi connectivity index (χ2v) is 6.71. The highest BCUT2D eigenvalue weighted by molar-refractivity contribution is 6.38. The molecule has 0 spiro atoms. The number of ether oxygens (including phenoxy) is 2. The number of hydrogen-bond acceptors (Lipinski definition) is 8. The molecule has 0 unspecified atom stereocenters. The molecule has 34 heavy (non-hydrogen) atoms. The normalized spacial score (nSPS) is 12.2. The Morgan fingerprint density at radius 1 is 1.24 bits per heavy atom. The number of phenols is 1. The molecule has 0 saturated carbocycles. The Labute approximate surface area is 191 Å². The summed E-state index contributed by atoms with van der Waals surface area (Å²) in [5.74, 6) is 4.50. The van der Waals surface area contributed by atoms with Gasteiger partial charge in [0.05, 0.1) is 37.5 Å². The number of carbonyl (C=O) groups is 1. The van der Waals surface area contributed by atoms with Gasteiger partial charge in [0.2, 0.25) is 0 Å². The number of benzene rings is 2. The van der Waals surface area contributed by atoms with E-state index in [2.05, 4.69) is 15.2 Å². The Balaban J connectivity index is 1.88. The third-order valence-electron chi connectivity index (χ3n) is 4.58. The largest absolute Gasteiger partial charge is 0.504 e. The molecule has 0 bridgehead atoms. The lowest BCUT2D eigenvalue weighted by Crippen LogP contribution is -2.18. The van der Waals surface area contributed by atoms with E-state index >= 15 is 0 Å². The number of hydrazone groups is 1. The highest BCUT2D eigenvalue weighted by Crippen LogP contribution is 2.34. The van der Waals surface area contributed by atoms with E-state index < -0.39 is 23.4 Å². The number of aromatic nitrogens is 2. The van der Waals surface area contributed by atoms with Crippen LogP contribution in [0.1, 0.15) is 28.5 Å². The lowest BCUT2D eigenvalue weighted by molar-refractivity contribution is -0.143. The molecule has 0 aliphatic carbocycles. The van der Waals surface area contributed by atoms with Crippen molar-refractivity contribution in [3.05, 3.63) is 65.5 Å². The molecule has 3 N–H and O–H groups in total. The number of hydrogen-bond donors (Lipinski definition) is 2. The van der Waals surface area contributed by atoms with Crippen molar-refractivity contribution >= 4 is 23.6 Å².